The third-order valence-electron chi connectivity index (χ3n) is 6.35. The standard InChI is InChI=1S/C25H32N2O4/c1-17(2)15-18-3-5-19(6-4-18)23(28)20-7-11-27(12-8-20)25(29)22-16-31-24(26-22)21-9-13-30-14-10-21/h3-6,16-17,20-21H,7-15H2,1-2H3. The summed E-state index contributed by atoms with van der Waals surface area (Å²) in [6, 6.07) is 8.02. The van der Waals surface area contributed by atoms with Crippen LogP contribution in [-0.2, 0) is 11.2 Å². The Morgan fingerprint density at radius 1 is 1.06 bits per heavy atom. The van der Waals surface area contributed by atoms with E-state index in [-0.39, 0.29) is 23.5 Å². The maximum absolute atomic E-state index is 12.9. The van der Waals surface area contributed by atoms with Gasteiger partial charge in [-0.25, -0.2) is 4.98 Å². The van der Waals surface area contributed by atoms with Gasteiger partial charge in [-0.3, -0.25) is 9.59 Å². The molecule has 6 heteroatoms. The molecule has 1 aromatic heterocycles. The predicted octanol–water partition coefficient (Wildman–Crippen LogP) is 4.50. The SMILES string of the molecule is CC(C)Cc1ccc(C(=O)C2CCN(C(=O)c3coc(C4CCOCC4)n3)CC2)cc1. The Labute approximate surface area is 184 Å². The van der Waals surface area contributed by atoms with Gasteiger partial charge in [-0.2, -0.15) is 0 Å². The summed E-state index contributed by atoms with van der Waals surface area (Å²) in [5.41, 5.74) is 2.40. The number of nitrogens with zero attached hydrogens (tertiary/aromatic N) is 2. The molecular weight excluding hydrogens is 392 g/mol. The van der Waals surface area contributed by atoms with Crippen LogP contribution in [0.3, 0.4) is 0 Å². The topological polar surface area (TPSA) is 72.6 Å². The van der Waals surface area contributed by atoms with E-state index in [2.05, 4.69) is 31.0 Å². The Bertz CT molecular complexity index is 889. The average Bonchev–Trinajstić information content (AvgIpc) is 3.29. The minimum atomic E-state index is -0.106. The number of hydrogen-bond acceptors (Lipinski definition) is 5. The average molecular weight is 425 g/mol. The van der Waals surface area contributed by atoms with Crippen molar-refractivity contribution in [1.29, 1.82) is 0 Å². The molecule has 0 radical (unpaired) electrons. The van der Waals surface area contributed by atoms with Crippen LogP contribution in [0.25, 0.3) is 0 Å². The van der Waals surface area contributed by atoms with Crippen LogP contribution in [0.5, 0.6) is 0 Å². The van der Waals surface area contributed by atoms with Gasteiger partial charge in [0.25, 0.3) is 5.91 Å². The van der Waals surface area contributed by atoms with Crippen LogP contribution in [0.1, 0.15) is 77.7 Å². The van der Waals surface area contributed by atoms with Crippen LogP contribution >= 0.6 is 0 Å². The van der Waals surface area contributed by atoms with E-state index in [1.54, 1.807) is 4.90 Å². The lowest BCUT2D eigenvalue weighted by atomic mass is 9.88. The molecule has 1 aromatic carbocycles. The normalized spacial score (nSPS) is 18.5. The third-order valence-corrected chi connectivity index (χ3v) is 6.35. The highest BCUT2D eigenvalue weighted by atomic mass is 16.5. The van der Waals surface area contributed by atoms with Gasteiger partial charge in [0.15, 0.2) is 17.4 Å². The summed E-state index contributed by atoms with van der Waals surface area (Å²) in [4.78, 5) is 32.0. The highest BCUT2D eigenvalue weighted by molar-refractivity contribution is 5.98. The first-order valence-corrected chi connectivity index (χ1v) is 11.5. The molecule has 0 aliphatic carbocycles. The van der Waals surface area contributed by atoms with E-state index in [0.29, 0.717) is 56.6 Å². The van der Waals surface area contributed by atoms with Crippen molar-refractivity contribution >= 4 is 11.7 Å². The Morgan fingerprint density at radius 3 is 2.39 bits per heavy atom. The molecule has 0 N–H and O–H groups in total. The minimum Gasteiger partial charge on any atom is -0.448 e. The zero-order valence-electron chi connectivity index (χ0n) is 18.5. The number of ketones is 1. The van der Waals surface area contributed by atoms with Gasteiger partial charge in [0, 0.05) is 43.7 Å². The second-order valence-corrected chi connectivity index (χ2v) is 9.18. The van der Waals surface area contributed by atoms with Crippen LogP contribution in [0.4, 0.5) is 0 Å². The van der Waals surface area contributed by atoms with Gasteiger partial charge in [0.1, 0.15) is 6.26 Å². The minimum absolute atomic E-state index is 0.0323. The molecule has 0 bridgehead atoms. The molecule has 2 saturated heterocycles. The first-order valence-electron chi connectivity index (χ1n) is 11.5. The lowest BCUT2D eigenvalue weighted by molar-refractivity contribution is 0.0645. The summed E-state index contributed by atoms with van der Waals surface area (Å²) in [7, 11) is 0. The van der Waals surface area contributed by atoms with E-state index in [1.807, 2.05) is 12.1 Å². The number of Topliss-reactive ketones (excluding diaryl/α,β-unsaturated/α-hetero) is 1. The number of benzene rings is 1. The van der Waals surface area contributed by atoms with Crippen molar-refractivity contribution in [3.8, 4) is 0 Å². The molecule has 3 heterocycles. The van der Waals surface area contributed by atoms with Crippen LogP contribution < -0.4 is 0 Å². The number of aromatic nitrogens is 1. The maximum atomic E-state index is 12.9. The van der Waals surface area contributed by atoms with Crippen molar-refractivity contribution in [3.63, 3.8) is 0 Å². The van der Waals surface area contributed by atoms with Gasteiger partial charge < -0.3 is 14.1 Å². The van der Waals surface area contributed by atoms with Crippen molar-refractivity contribution in [1.82, 2.24) is 9.88 Å². The summed E-state index contributed by atoms with van der Waals surface area (Å²) < 4.78 is 11.0. The fourth-order valence-electron chi connectivity index (χ4n) is 4.54. The number of likely N-dealkylation sites (tertiary alicyclic amines) is 1. The largest absolute Gasteiger partial charge is 0.448 e. The zero-order chi connectivity index (χ0) is 21.8. The molecular formula is C25H32N2O4. The Morgan fingerprint density at radius 2 is 1.74 bits per heavy atom. The first-order chi connectivity index (χ1) is 15.0. The number of hydrogen-bond donors (Lipinski definition) is 0. The van der Waals surface area contributed by atoms with E-state index in [9.17, 15) is 9.59 Å². The second-order valence-electron chi connectivity index (χ2n) is 9.18. The zero-order valence-corrected chi connectivity index (χ0v) is 18.5. The highest BCUT2D eigenvalue weighted by Gasteiger charge is 2.30. The van der Waals surface area contributed by atoms with E-state index < -0.39 is 0 Å². The Kier molecular flexibility index (Phi) is 6.86. The summed E-state index contributed by atoms with van der Waals surface area (Å²) in [5, 5.41) is 0. The maximum Gasteiger partial charge on any atom is 0.275 e. The first kappa shape index (κ1) is 21.8. The van der Waals surface area contributed by atoms with E-state index in [4.69, 9.17) is 9.15 Å². The van der Waals surface area contributed by atoms with Crippen LogP contribution in [0.15, 0.2) is 34.9 Å². The number of carbonyl (C=O) groups excluding carboxylic acids is 2. The highest BCUT2D eigenvalue weighted by Crippen LogP contribution is 2.27. The van der Waals surface area contributed by atoms with Crippen molar-refractivity contribution in [3.05, 3.63) is 53.2 Å². The lowest BCUT2D eigenvalue weighted by Gasteiger charge is -2.30. The summed E-state index contributed by atoms with van der Waals surface area (Å²) >= 11 is 0. The van der Waals surface area contributed by atoms with Gasteiger partial charge in [-0.05, 0) is 43.6 Å². The van der Waals surface area contributed by atoms with Gasteiger partial charge in [-0.1, -0.05) is 38.1 Å². The van der Waals surface area contributed by atoms with Crippen molar-refractivity contribution in [2.24, 2.45) is 11.8 Å². The van der Waals surface area contributed by atoms with E-state index >= 15 is 0 Å². The monoisotopic (exact) mass is 424 g/mol. The summed E-state index contributed by atoms with van der Waals surface area (Å²) in [5.74, 6) is 1.51. The van der Waals surface area contributed by atoms with Gasteiger partial charge in [0.2, 0.25) is 0 Å². The fraction of sp³-hybridized carbons (Fsp3) is 0.560. The van der Waals surface area contributed by atoms with Gasteiger partial charge in [-0.15, -0.1) is 0 Å². The number of piperidine rings is 1. The molecule has 6 nitrogen and oxygen atoms in total. The fourth-order valence-corrected chi connectivity index (χ4v) is 4.54. The molecule has 0 unspecified atom stereocenters. The van der Waals surface area contributed by atoms with E-state index in [0.717, 1.165) is 24.8 Å². The molecule has 2 aliphatic heterocycles. The van der Waals surface area contributed by atoms with Crippen LogP contribution in [-0.4, -0.2) is 47.9 Å². The number of rotatable bonds is 6. The molecule has 4 rings (SSSR count). The van der Waals surface area contributed by atoms with Crippen molar-refractivity contribution in [2.45, 2.75) is 51.9 Å². The van der Waals surface area contributed by atoms with Crippen molar-refractivity contribution in [2.75, 3.05) is 26.3 Å². The van der Waals surface area contributed by atoms with E-state index in [1.165, 1.54) is 11.8 Å². The molecule has 166 valence electrons. The lowest BCUT2D eigenvalue weighted by Crippen LogP contribution is -2.40. The molecule has 0 spiro atoms. The molecule has 2 aromatic rings. The molecule has 31 heavy (non-hydrogen) atoms. The molecule has 0 saturated carbocycles. The quantitative estimate of drug-likeness (QED) is 0.638. The summed E-state index contributed by atoms with van der Waals surface area (Å²) in [6.45, 7) is 6.94. The number of amides is 1. The predicted molar refractivity (Wildman–Crippen MR) is 117 cm³/mol. The second kappa shape index (κ2) is 9.77. The molecule has 2 fully saturated rings. The van der Waals surface area contributed by atoms with Crippen LogP contribution in [0, 0.1) is 11.8 Å². The van der Waals surface area contributed by atoms with Gasteiger partial charge in [0.05, 0.1) is 0 Å². The number of carbonyl (C=O) groups is 2. The Balaban J connectivity index is 1.31. The summed E-state index contributed by atoms with van der Waals surface area (Å²) in [6.07, 6.45) is 5.61. The van der Waals surface area contributed by atoms with Gasteiger partial charge >= 0.3 is 0 Å². The number of ether oxygens (including phenoxy) is 1. The molecule has 1 amide bonds. The third kappa shape index (κ3) is 5.24. The smallest absolute Gasteiger partial charge is 0.275 e. The van der Waals surface area contributed by atoms with Crippen molar-refractivity contribution < 1.29 is 18.7 Å². The molecule has 0 atom stereocenters. The molecule has 2 aliphatic rings. The van der Waals surface area contributed by atoms with Crippen LogP contribution in [0.2, 0.25) is 0 Å². The number of oxazole rings is 1. The Hall–Kier alpha value is -2.47.